The standard InChI is InChI=1S/CH7NO3P2/c3-7(4,5)1-2-6/h2H,1,6H2,(H2,3,4,5). The summed E-state index contributed by atoms with van der Waals surface area (Å²) in [5.41, 5.74) is 0. The van der Waals surface area contributed by atoms with Gasteiger partial charge < -0.3 is 9.79 Å². The first-order chi connectivity index (χ1) is 3.06. The van der Waals surface area contributed by atoms with Gasteiger partial charge in [-0.2, -0.15) is 0 Å². The minimum absolute atomic E-state index is 0.280. The van der Waals surface area contributed by atoms with Gasteiger partial charge >= 0.3 is 7.60 Å². The molecule has 0 saturated carbocycles. The van der Waals surface area contributed by atoms with Crippen molar-refractivity contribution in [2.45, 2.75) is 0 Å². The van der Waals surface area contributed by atoms with Crippen LogP contribution in [-0.2, 0) is 4.57 Å². The molecule has 0 spiro atoms. The van der Waals surface area contributed by atoms with Crippen LogP contribution in [-0.4, -0.2) is 16.1 Å². The van der Waals surface area contributed by atoms with Crippen LogP contribution in [0, 0.1) is 0 Å². The number of nitrogens with one attached hydrogen (secondary N) is 1. The third kappa shape index (κ3) is 6.54. The molecule has 1 unspecified atom stereocenters. The van der Waals surface area contributed by atoms with Crippen LogP contribution in [0.4, 0.5) is 0 Å². The van der Waals surface area contributed by atoms with Crippen molar-refractivity contribution in [1.82, 2.24) is 5.09 Å². The largest absolute Gasteiger partial charge is 0.339 e. The maximum absolute atomic E-state index is 9.85. The fraction of sp³-hybridized carbons (Fsp3) is 1.00. The zero-order valence-electron chi connectivity index (χ0n) is 3.53. The predicted octanol–water partition coefficient (Wildman–Crippen LogP) is -0.499. The lowest BCUT2D eigenvalue weighted by Gasteiger charge is -1.98. The Labute approximate surface area is 43.7 Å². The molecular weight excluding hydrogens is 136 g/mol. The van der Waals surface area contributed by atoms with Crippen LogP contribution < -0.4 is 5.09 Å². The Morgan fingerprint density at radius 1 is 1.71 bits per heavy atom. The molecule has 0 fully saturated rings. The van der Waals surface area contributed by atoms with Crippen molar-refractivity contribution in [2.24, 2.45) is 0 Å². The summed E-state index contributed by atoms with van der Waals surface area (Å²) in [6.07, 6.45) is -0.280. The smallest absolute Gasteiger partial charge is 0.324 e. The molecule has 44 valence electrons. The molecule has 0 aliphatic rings. The van der Waals surface area contributed by atoms with Gasteiger partial charge in [0.05, 0.1) is 0 Å². The van der Waals surface area contributed by atoms with Gasteiger partial charge in [-0.1, -0.05) is 9.39 Å². The molecule has 0 aliphatic heterocycles. The first-order valence-corrected chi connectivity index (χ1v) is 3.92. The quantitative estimate of drug-likeness (QED) is 0.456. The molecule has 0 rings (SSSR count). The van der Waals surface area contributed by atoms with E-state index in [1.54, 1.807) is 0 Å². The van der Waals surface area contributed by atoms with Crippen molar-refractivity contribution < 1.29 is 14.4 Å². The minimum atomic E-state index is -3.80. The summed E-state index contributed by atoms with van der Waals surface area (Å²) in [7, 11) is -1.80. The van der Waals surface area contributed by atoms with Gasteiger partial charge in [0.15, 0.2) is 0 Å². The molecule has 7 heavy (non-hydrogen) atoms. The van der Waals surface area contributed by atoms with Crippen LogP contribution >= 0.6 is 17.0 Å². The Balaban J connectivity index is 3.36. The molecule has 0 aromatic heterocycles. The van der Waals surface area contributed by atoms with Crippen molar-refractivity contribution in [3.63, 3.8) is 0 Å². The van der Waals surface area contributed by atoms with E-state index in [0.29, 0.717) is 0 Å². The summed E-state index contributed by atoms with van der Waals surface area (Å²) in [6.45, 7) is 0. The summed E-state index contributed by atoms with van der Waals surface area (Å²) < 4.78 is 9.85. The van der Waals surface area contributed by atoms with E-state index >= 15 is 0 Å². The van der Waals surface area contributed by atoms with Crippen LogP contribution in [0.5, 0.6) is 0 Å². The van der Waals surface area contributed by atoms with E-state index < -0.39 is 7.60 Å². The highest BCUT2D eigenvalue weighted by Crippen LogP contribution is 2.32. The Bertz CT molecular complexity index is 86.9. The predicted molar refractivity (Wildman–Crippen MR) is 29.8 cm³/mol. The highest BCUT2D eigenvalue weighted by molar-refractivity contribution is 7.52. The molecule has 4 nitrogen and oxygen atoms in total. The van der Waals surface area contributed by atoms with E-state index in [1.165, 1.54) is 0 Å². The maximum Gasteiger partial charge on any atom is 0.339 e. The van der Waals surface area contributed by atoms with E-state index in [9.17, 15) is 4.57 Å². The van der Waals surface area contributed by atoms with Gasteiger partial charge in [-0.05, 0) is 0 Å². The monoisotopic (exact) mass is 143 g/mol. The Kier molecular flexibility index (Phi) is 2.96. The SMILES string of the molecule is O=P(O)(O)CNP. The average molecular weight is 143 g/mol. The first kappa shape index (κ1) is 7.54. The van der Waals surface area contributed by atoms with E-state index in [0.717, 1.165) is 0 Å². The summed E-state index contributed by atoms with van der Waals surface area (Å²) >= 11 is 0. The lowest BCUT2D eigenvalue weighted by Crippen LogP contribution is -1.99. The van der Waals surface area contributed by atoms with Crippen LogP contribution in [0.15, 0.2) is 0 Å². The molecule has 0 radical (unpaired) electrons. The minimum Gasteiger partial charge on any atom is -0.324 e. The van der Waals surface area contributed by atoms with Gasteiger partial charge in [-0.3, -0.25) is 9.65 Å². The van der Waals surface area contributed by atoms with Crippen molar-refractivity contribution in [2.75, 3.05) is 6.29 Å². The number of hydrogen-bond donors (Lipinski definition) is 3. The Hall–Kier alpha value is 0.540. The number of hydrogen-bond acceptors (Lipinski definition) is 2. The lowest BCUT2D eigenvalue weighted by molar-refractivity contribution is 0.372. The average Bonchev–Trinajstić information content (AvgIpc) is 1.30. The van der Waals surface area contributed by atoms with E-state index in [2.05, 4.69) is 5.09 Å². The molecule has 0 aromatic rings. The topological polar surface area (TPSA) is 69.6 Å². The third-order valence-corrected chi connectivity index (χ3v) is 1.44. The van der Waals surface area contributed by atoms with Crippen molar-refractivity contribution in [1.29, 1.82) is 0 Å². The Morgan fingerprint density at radius 2 is 2.14 bits per heavy atom. The molecular formula is CH7NO3P2. The molecule has 0 aliphatic carbocycles. The maximum atomic E-state index is 9.85. The molecule has 6 heteroatoms. The summed E-state index contributed by atoms with van der Waals surface area (Å²) in [5, 5.41) is 2.26. The fourth-order valence-corrected chi connectivity index (χ4v) is 1.07. The van der Waals surface area contributed by atoms with Crippen LogP contribution in [0.3, 0.4) is 0 Å². The van der Waals surface area contributed by atoms with Gasteiger partial charge in [0.2, 0.25) is 0 Å². The fourth-order valence-electron chi connectivity index (χ4n) is 0.119. The summed E-state index contributed by atoms with van der Waals surface area (Å²) in [5.74, 6) is 0. The molecule has 0 bridgehead atoms. The van der Waals surface area contributed by atoms with E-state index in [4.69, 9.17) is 9.79 Å². The normalized spacial score (nSPS) is 11.9. The zero-order chi connectivity index (χ0) is 5.91. The molecule has 3 N–H and O–H groups in total. The summed E-state index contributed by atoms with van der Waals surface area (Å²) in [6, 6.07) is 0. The molecule has 0 saturated heterocycles. The Morgan fingerprint density at radius 3 is 2.14 bits per heavy atom. The van der Waals surface area contributed by atoms with Crippen molar-refractivity contribution in [3.05, 3.63) is 0 Å². The zero-order valence-corrected chi connectivity index (χ0v) is 5.58. The lowest BCUT2D eigenvalue weighted by atomic mass is 11.5. The summed E-state index contributed by atoms with van der Waals surface area (Å²) in [4.78, 5) is 16.1. The van der Waals surface area contributed by atoms with Gasteiger partial charge in [-0.15, -0.1) is 0 Å². The van der Waals surface area contributed by atoms with Gasteiger partial charge in [-0.25, -0.2) is 0 Å². The molecule has 0 heterocycles. The van der Waals surface area contributed by atoms with Crippen LogP contribution in [0.1, 0.15) is 0 Å². The second-order valence-electron chi connectivity index (χ2n) is 1.03. The highest BCUT2D eigenvalue weighted by atomic mass is 31.2. The number of rotatable bonds is 2. The molecule has 1 atom stereocenters. The second-order valence-corrected chi connectivity index (χ2v) is 3.08. The second kappa shape index (κ2) is 2.75. The van der Waals surface area contributed by atoms with Crippen molar-refractivity contribution >= 4 is 17.0 Å². The van der Waals surface area contributed by atoms with Crippen molar-refractivity contribution in [3.8, 4) is 0 Å². The van der Waals surface area contributed by atoms with Gasteiger partial charge in [0.25, 0.3) is 0 Å². The van der Waals surface area contributed by atoms with Crippen LogP contribution in [0.2, 0.25) is 0 Å². The van der Waals surface area contributed by atoms with Crippen LogP contribution in [0.25, 0.3) is 0 Å². The van der Waals surface area contributed by atoms with Gasteiger partial charge in [0, 0.05) is 0 Å². The highest BCUT2D eigenvalue weighted by Gasteiger charge is 2.08. The molecule has 0 amide bonds. The van der Waals surface area contributed by atoms with E-state index in [-0.39, 0.29) is 6.29 Å². The first-order valence-electron chi connectivity index (χ1n) is 1.54. The van der Waals surface area contributed by atoms with Gasteiger partial charge in [0.1, 0.15) is 6.29 Å². The van der Waals surface area contributed by atoms with E-state index in [1.807, 2.05) is 9.39 Å². The third-order valence-electron chi connectivity index (χ3n) is 0.297. The molecule has 0 aromatic carbocycles.